The van der Waals surface area contributed by atoms with E-state index < -0.39 is 5.79 Å². The zero-order valence-electron chi connectivity index (χ0n) is 15.2. The van der Waals surface area contributed by atoms with E-state index in [9.17, 15) is 9.90 Å². The molecule has 4 rings (SSSR count). The number of hydrogen-bond donors (Lipinski definition) is 1. The highest BCUT2D eigenvalue weighted by molar-refractivity contribution is 5.87. The number of fused-ring (bicyclic) bond motifs is 5. The van der Waals surface area contributed by atoms with Crippen molar-refractivity contribution >= 4 is 5.78 Å². The van der Waals surface area contributed by atoms with Gasteiger partial charge in [0.2, 0.25) is 0 Å². The van der Waals surface area contributed by atoms with Crippen LogP contribution in [0.2, 0.25) is 0 Å². The van der Waals surface area contributed by atoms with Crippen LogP contribution in [0.1, 0.15) is 58.8 Å². The monoisotopic (exact) mass is 330 g/mol. The fraction of sp³-hybridized carbons (Fsp3) is 0.762. The van der Waals surface area contributed by atoms with Crippen LogP contribution in [0.3, 0.4) is 0 Å². The summed E-state index contributed by atoms with van der Waals surface area (Å²) in [6.07, 6.45) is 10.9. The van der Waals surface area contributed by atoms with Crippen LogP contribution in [0, 0.1) is 29.1 Å². The van der Waals surface area contributed by atoms with Gasteiger partial charge in [-0.25, -0.2) is 0 Å². The summed E-state index contributed by atoms with van der Waals surface area (Å²) in [5, 5.41) is 10.5. The van der Waals surface area contributed by atoms with Crippen LogP contribution in [0.15, 0.2) is 23.3 Å². The largest absolute Gasteiger partial charge is 0.362 e. The molecule has 4 aliphatic carbocycles. The van der Waals surface area contributed by atoms with Crippen molar-refractivity contribution in [1.29, 1.82) is 0 Å². The molecule has 0 heterocycles. The lowest BCUT2D eigenvalue weighted by molar-refractivity contribution is -0.145. The molecule has 0 spiro atoms. The molecule has 4 aliphatic rings. The number of carbonyl (C=O) groups is 1. The molecular weight excluding hydrogens is 300 g/mol. The standard InChI is InChI=1S/C21H30O3/c1-4-13-11-14-12-21(23,24-3)10-8-15(14)16-7-9-20(2)17(19(13)16)5-6-18(20)22/h8,12-13,16-17,19,23H,4-7,9-11H2,1-3H3/t13-,16-,17+,19-,20+,21?/m1/s1. The van der Waals surface area contributed by atoms with E-state index in [0.717, 1.165) is 38.5 Å². The second kappa shape index (κ2) is 5.54. The third-order valence-electron chi connectivity index (χ3n) is 7.73. The molecule has 3 heteroatoms. The van der Waals surface area contributed by atoms with Crippen molar-refractivity contribution in [2.24, 2.45) is 29.1 Å². The summed E-state index contributed by atoms with van der Waals surface area (Å²) in [6.45, 7) is 4.52. The topological polar surface area (TPSA) is 46.5 Å². The molecule has 0 aromatic carbocycles. The number of hydrogen-bond acceptors (Lipinski definition) is 3. The summed E-state index contributed by atoms with van der Waals surface area (Å²) in [5.41, 5.74) is 2.68. The lowest BCUT2D eigenvalue weighted by Gasteiger charge is -2.53. The van der Waals surface area contributed by atoms with Crippen molar-refractivity contribution in [3.05, 3.63) is 23.3 Å². The molecule has 0 aromatic rings. The van der Waals surface area contributed by atoms with Gasteiger partial charge >= 0.3 is 0 Å². The Labute approximate surface area is 145 Å². The average Bonchev–Trinajstić information content (AvgIpc) is 2.89. The molecule has 0 aromatic heterocycles. The van der Waals surface area contributed by atoms with Crippen LogP contribution in [0.5, 0.6) is 0 Å². The highest BCUT2D eigenvalue weighted by Crippen LogP contribution is 2.62. The smallest absolute Gasteiger partial charge is 0.188 e. The van der Waals surface area contributed by atoms with Crippen LogP contribution < -0.4 is 0 Å². The Morgan fingerprint density at radius 3 is 2.88 bits per heavy atom. The number of methoxy groups -OCH3 is 1. The molecule has 0 bridgehead atoms. The molecule has 132 valence electrons. The first-order chi connectivity index (χ1) is 11.4. The van der Waals surface area contributed by atoms with Gasteiger partial charge in [0, 0.05) is 25.4 Å². The minimum Gasteiger partial charge on any atom is -0.362 e. The van der Waals surface area contributed by atoms with Crippen molar-refractivity contribution in [2.45, 2.75) is 64.6 Å². The predicted molar refractivity (Wildman–Crippen MR) is 93.2 cm³/mol. The van der Waals surface area contributed by atoms with E-state index in [-0.39, 0.29) is 5.41 Å². The molecule has 6 atom stereocenters. The van der Waals surface area contributed by atoms with Gasteiger partial charge < -0.3 is 9.84 Å². The Kier molecular flexibility index (Phi) is 3.81. The van der Waals surface area contributed by atoms with Crippen molar-refractivity contribution in [2.75, 3.05) is 7.11 Å². The molecule has 0 aliphatic heterocycles. The summed E-state index contributed by atoms with van der Waals surface area (Å²) in [4.78, 5) is 12.5. The van der Waals surface area contributed by atoms with Gasteiger partial charge in [-0.05, 0) is 66.6 Å². The Balaban J connectivity index is 1.71. The molecule has 0 amide bonds. The highest BCUT2D eigenvalue weighted by Gasteiger charge is 2.57. The maximum atomic E-state index is 12.5. The van der Waals surface area contributed by atoms with Crippen LogP contribution in [0.25, 0.3) is 0 Å². The molecule has 0 saturated heterocycles. The number of aliphatic hydroxyl groups is 1. The fourth-order valence-electron chi connectivity index (χ4n) is 6.33. The second-order valence-corrected chi connectivity index (χ2v) is 8.66. The molecule has 3 fully saturated rings. The minimum atomic E-state index is -1.13. The Morgan fingerprint density at radius 1 is 1.38 bits per heavy atom. The number of Topliss-reactive ketones (excluding diaryl/α,β-unsaturated/α-hetero) is 1. The van der Waals surface area contributed by atoms with E-state index in [1.54, 1.807) is 7.11 Å². The number of carbonyl (C=O) groups excluding carboxylic acids is 1. The van der Waals surface area contributed by atoms with Crippen molar-refractivity contribution in [1.82, 2.24) is 0 Å². The lowest BCUT2D eigenvalue weighted by Crippen LogP contribution is -2.48. The number of rotatable bonds is 2. The first kappa shape index (κ1) is 16.5. The van der Waals surface area contributed by atoms with Gasteiger partial charge in [0.25, 0.3) is 0 Å². The second-order valence-electron chi connectivity index (χ2n) is 8.66. The highest BCUT2D eigenvalue weighted by atomic mass is 16.6. The molecule has 3 saturated carbocycles. The predicted octanol–water partition coefficient (Wildman–Crippen LogP) is 4.02. The van der Waals surface area contributed by atoms with Crippen molar-refractivity contribution < 1.29 is 14.6 Å². The summed E-state index contributed by atoms with van der Waals surface area (Å²) >= 11 is 0. The molecule has 3 nitrogen and oxygen atoms in total. The van der Waals surface area contributed by atoms with E-state index in [0.29, 0.717) is 35.9 Å². The first-order valence-electron chi connectivity index (χ1n) is 9.65. The number of ether oxygens (including phenoxy) is 1. The van der Waals surface area contributed by atoms with Gasteiger partial charge in [0.15, 0.2) is 5.79 Å². The van der Waals surface area contributed by atoms with E-state index in [2.05, 4.69) is 19.9 Å². The Hall–Kier alpha value is -0.930. The van der Waals surface area contributed by atoms with Gasteiger partial charge in [-0.3, -0.25) is 4.79 Å². The summed E-state index contributed by atoms with van der Waals surface area (Å²) in [6, 6.07) is 0. The Bertz CT molecular complexity index is 619. The quantitative estimate of drug-likeness (QED) is 0.778. The SMILES string of the molecule is CC[C@@H]1CC2=CC(O)(OC)CC=C2[C@H]2CC[C@]3(C)C(=O)CC[C@H]3[C@H]12. The van der Waals surface area contributed by atoms with Gasteiger partial charge in [-0.2, -0.15) is 0 Å². The van der Waals surface area contributed by atoms with Crippen molar-refractivity contribution in [3.8, 4) is 0 Å². The first-order valence-corrected chi connectivity index (χ1v) is 9.65. The average molecular weight is 330 g/mol. The van der Waals surface area contributed by atoms with Gasteiger partial charge in [-0.1, -0.05) is 26.3 Å². The van der Waals surface area contributed by atoms with Crippen LogP contribution in [-0.4, -0.2) is 23.8 Å². The molecule has 0 radical (unpaired) electrons. The van der Waals surface area contributed by atoms with E-state index in [4.69, 9.17) is 4.74 Å². The van der Waals surface area contributed by atoms with Crippen LogP contribution in [0.4, 0.5) is 0 Å². The molecule has 1 N–H and O–H groups in total. The molecular formula is C21H30O3. The lowest BCUT2D eigenvalue weighted by atomic mass is 9.51. The maximum Gasteiger partial charge on any atom is 0.188 e. The summed E-state index contributed by atoms with van der Waals surface area (Å²) < 4.78 is 5.32. The normalized spacial score (nSPS) is 47.4. The zero-order chi connectivity index (χ0) is 17.1. The van der Waals surface area contributed by atoms with Gasteiger partial charge in [0.1, 0.15) is 5.78 Å². The van der Waals surface area contributed by atoms with Crippen LogP contribution >= 0.6 is 0 Å². The number of allylic oxidation sites excluding steroid dienone is 2. The maximum absolute atomic E-state index is 12.5. The minimum absolute atomic E-state index is 0.0711. The van der Waals surface area contributed by atoms with Gasteiger partial charge in [0.05, 0.1) is 0 Å². The van der Waals surface area contributed by atoms with Crippen LogP contribution in [-0.2, 0) is 9.53 Å². The third-order valence-corrected chi connectivity index (χ3v) is 7.73. The third kappa shape index (κ3) is 2.20. The summed E-state index contributed by atoms with van der Waals surface area (Å²) in [5.74, 6) is 1.76. The number of ketones is 1. The summed E-state index contributed by atoms with van der Waals surface area (Å²) in [7, 11) is 1.58. The van der Waals surface area contributed by atoms with E-state index >= 15 is 0 Å². The van der Waals surface area contributed by atoms with E-state index in [1.807, 2.05) is 6.08 Å². The Morgan fingerprint density at radius 2 is 2.17 bits per heavy atom. The van der Waals surface area contributed by atoms with Gasteiger partial charge in [-0.15, -0.1) is 0 Å². The molecule has 24 heavy (non-hydrogen) atoms. The molecule has 1 unspecified atom stereocenters. The van der Waals surface area contributed by atoms with Crippen molar-refractivity contribution in [3.63, 3.8) is 0 Å². The zero-order valence-corrected chi connectivity index (χ0v) is 15.2. The van der Waals surface area contributed by atoms with E-state index in [1.165, 1.54) is 11.1 Å². The fourth-order valence-corrected chi connectivity index (χ4v) is 6.33.